The molecule has 3 aliphatic rings. The van der Waals surface area contributed by atoms with Crippen molar-refractivity contribution in [1.29, 1.82) is 0 Å². The van der Waals surface area contributed by atoms with Gasteiger partial charge in [0.05, 0.1) is 13.2 Å². The first-order valence-electron chi connectivity index (χ1n) is 8.40. The van der Waals surface area contributed by atoms with Crippen molar-refractivity contribution >= 4 is 12.4 Å². The number of nitrogens with one attached hydrogen (secondary N) is 2. The highest BCUT2D eigenvalue weighted by atomic mass is 35.5. The van der Waals surface area contributed by atoms with Crippen molar-refractivity contribution in [3.63, 3.8) is 0 Å². The van der Waals surface area contributed by atoms with Crippen LogP contribution in [0, 0.1) is 11.8 Å². The minimum Gasteiger partial charge on any atom is -0.379 e. The molecule has 2 N–H and O–H groups in total. The molecule has 0 spiro atoms. The van der Waals surface area contributed by atoms with E-state index in [1.807, 2.05) is 0 Å². The largest absolute Gasteiger partial charge is 0.379 e. The van der Waals surface area contributed by atoms with Gasteiger partial charge < -0.3 is 15.4 Å². The Labute approximate surface area is 130 Å². The van der Waals surface area contributed by atoms with Crippen LogP contribution >= 0.6 is 12.4 Å². The van der Waals surface area contributed by atoms with E-state index in [2.05, 4.69) is 17.6 Å². The molecule has 3 rings (SSSR count). The third-order valence-electron chi connectivity index (χ3n) is 5.50. The first-order valence-corrected chi connectivity index (χ1v) is 8.40. The third kappa shape index (κ3) is 4.09. The Morgan fingerprint density at radius 3 is 2.55 bits per heavy atom. The van der Waals surface area contributed by atoms with Crippen molar-refractivity contribution in [3.05, 3.63) is 0 Å². The molecule has 0 bridgehead atoms. The first kappa shape index (κ1) is 16.5. The van der Waals surface area contributed by atoms with Crippen LogP contribution in [0.15, 0.2) is 0 Å². The highest BCUT2D eigenvalue weighted by molar-refractivity contribution is 5.85. The van der Waals surface area contributed by atoms with Gasteiger partial charge in [-0.15, -0.1) is 12.4 Å². The van der Waals surface area contributed by atoms with E-state index in [1.54, 1.807) is 0 Å². The standard InChI is InChI=1S/C16H30N2O.ClH/c1-12-5-7-13(8-6-12)18-15-4-2-3-14(15)16-11-19-10-9-17-16;/h12-18H,2-11H2,1H3;1H. The van der Waals surface area contributed by atoms with E-state index in [4.69, 9.17) is 4.74 Å². The molecule has 1 heterocycles. The van der Waals surface area contributed by atoms with Gasteiger partial charge in [0.15, 0.2) is 0 Å². The van der Waals surface area contributed by atoms with Crippen LogP contribution in [0.5, 0.6) is 0 Å². The fourth-order valence-corrected chi connectivity index (χ4v) is 4.27. The Kier molecular flexibility index (Phi) is 6.60. The van der Waals surface area contributed by atoms with E-state index in [9.17, 15) is 0 Å². The summed E-state index contributed by atoms with van der Waals surface area (Å²) in [5.74, 6) is 1.74. The summed E-state index contributed by atoms with van der Waals surface area (Å²) < 4.78 is 5.66. The Balaban J connectivity index is 0.00000147. The number of hydrogen-bond donors (Lipinski definition) is 2. The molecule has 2 aliphatic carbocycles. The molecular weight excluding hydrogens is 272 g/mol. The second kappa shape index (κ2) is 7.98. The van der Waals surface area contributed by atoms with E-state index in [0.29, 0.717) is 6.04 Å². The van der Waals surface area contributed by atoms with Gasteiger partial charge in [-0.3, -0.25) is 0 Å². The molecule has 4 heteroatoms. The minimum absolute atomic E-state index is 0. The second-order valence-corrected chi connectivity index (χ2v) is 6.96. The smallest absolute Gasteiger partial charge is 0.0623 e. The van der Waals surface area contributed by atoms with Crippen molar-refractivity contribution in [2.45, 2.75) is 70.0 Å². The second-order valence-electron chi connectivity index (χ2n) is 6.96. The van der Waals surface area contributed by atoms with Gasteiger partial charge in [0.1, 0.15) is 0 Å². The fourth-order valence-electron chi connectivity index (χ4n) is 4.27. The van der Waals surface area contributed by atoms with Gasteiger partial charge in [0.2, 0.25) is 0 Å². The lowest BCUT2D eigenvalue weighted by atomic mass is 9.86. The first-order chi connectivity index (χ1) is 9.33. The number of halogens is 1. The molecule has 0 aromatic heterocycles. The van der Waals surface area contributed by atoms with E-state index in [-0.39, 0.29) is 12.4 Å². The molecule has 2 saturated carbocycles. The van der Waals surface area contributed by atoms with Gasteiger partial charge in [-0.05, 0) is 50.4 Å². The predicted octanol–water partition coefficient (Wildman–Crippen LogP) is 2.73. The zero-order valence-electron chi connectivity index (χ0n) is 12.8. The summed E-state index contributed by atoms with van der Waals surface area (Å²) in [4.78, 5) is 0. The zero-order valence-corrected chi connectivity index (χ0v) is 13.6. The molecule has 3 fully saturated rings. The summed E-state index contributed by atoms with van der Waals surface area (Å²) in [5, 5.41) is 7.66. The molecular formula is C16H31ClN2O. The lowest BCUT2D eigenvalue weighted by Crippen LogP contribution is -2.52. The lowest BCUT2D eigenvalue weighted by molar-refractivity contribution is 0.0510. The van der Waals surface area contributed by atoms with Crippen molar-refractivity contribution in [2.24, 2.45) is 11.8 Å². The average Bonchev–Trinajstić information content (AvgIpc) is 2.90. The van der Waals surface area contributed by atoms with Gasteiger partial charge in [0, 0.05) is 24.7 Å². The predicted molar refractivity (Wildman–Crippen MR) is 85.5 cm³/mol. The van der Waals surface area contributed by atoms with Gasteiger partial charge in [-0.25, -0.2) is 0 Å². The molecule has 1 aliphatic heterocycles. The monoisotopic (exact) mass is 302 g/mol. The molecule has 3 atom stereocenters. The Hall–Kier alpha value is 0.170. The van der Waals surface area contributed by atoms with Crippen molar-refractivity contribution in [2.75, 3.05) is 19.8 Å². The molecule has 3 unspecified atom stereocenters. The molecule has 1 saturated heterocycles. The van der Waals surface area contributed by atoms with Crippen LogP contribution in [0.4, 0.5) is 0 Å². The van der Waals surface area contributed by atoms with Crippen LogP contribution in [0.1, 0.15) is 51.9 Å². The van der Waals surface area contributed by atoms with Gasteiger partial charge in [-0.2, -0.15) is 0 Å². The number of morpholine rings is 1. The van der Waals surface area contributed by atoms with E-state index >= 15 is 0 Å². The fraction of sp³-hybridized carbons (Fsp3) is 1.00. The third-order valence-corrected chi connectivity index (χ3v) is 5.50. The van der Waals surface area contributed by atoms with Gasteiger partial charge in [-0.1, -0.05) is 13.3 Å². The molecule has 3 nitrogen and oxygen atoms in total. The van der Waals surface area contributed by atoms with Crippen LogP contribution < -0.4 is 10.6 Å². The molecule has 0 amide bonds. The summed E-state index contributed by atoms with van der Waals surface area (Å²) in [6.07, 6.45) is 9.75. The summed E-state index contributed by atoms with van der Waals surface area (Å²) in [6.45, 7) is 5.25. The van der Waals surface area contributed by atoms with Crippen molar-refractivity contribution in [3.8, 4) is 0 Å². The Bertz CT molecular complexity index is 276. The van der Waals surface area contributed by atoms with Crippen molar-refractivity contribution in [1.82, 2.24) is 10.6 Å². The topological polar surface area (TPSA) is 33.3 Å². The quantitative estimate of drug-likeness (QED) is 0.841. The Morgan fingerprint density at radius 2 is 1.85 bits per heavy atom. The maximum atomic E-state index is 5.66. The summed E-state index contributed by atoms with van der Waals surface area (Å²) in [7, 11) is 0. The van der Waals surface area contributed by atoms with Crippen LogP contribution in [-0.2, 0) is 4.74 Å². The van der Waals surface area contributed by atoms with Crippen LogP contribution in [0.3, 0.4) is 0 Å². The van der Waals surface area contributed by atoms with Gasteiger partial charge in [0.25, 0.3) is 0 Å². The molecule has 0 aromatic rings. The lowest BCUT2D eigenvalue weighted by Gasteiger charge is -2.36. The summed E-state index contributed by atoms with van der Waals surface area (Å²) >= 11 is 0. The van der Waals surface area contributed by atoms with Crippen LogP contribution in [0.25, 0.3) is 0 Å². The maximum absolute atomic E-state index is 5.66. The van der Waals surface area contributed by atoms with E-state index < -0.39 is 0 Å². The number of hydrogen-bond acceptors (Lipinski definition) is 3. The number of ether oxygens (including phenoxy) is 1. The van der Waals surface area contributed by atoms with E-state index in [1.165, 1.54) is 44.9 Å². The molecule has 0 radical (unpaired) electrons. The number of rotatable bonds is 3. The van der Waals surface area contributed by atoms with E-state index in [0.717, 1.165) is 43.7 Å². The molecule has 20 heavy (non-hydrogen) atoms. The molecule has 0 aromatic carbocycles. The summed E-state index contributed by atoms with van der Waals surface area (Å²) in [5.41, 5.74) is 0. The average molecular weight is 303 g/mol. The van der Waals surface area contributed by atoms with Crippen molar-refractivity contribution < 1.29 is 4.74 Å². The Morgan fingerprint density at radius 1 is 1.05 bits per heavy atom. The van der Waals surface area contributed by atoms with Gasteiger partial charge >= 0.3 is 0 Å². The zero-order chi connectivity index (χ0) is 13.1. The minimum atomic E-state index is 0. The SMILES string of the molecule is CC1CCC(NC2CCCC2C2COCCN2)CC1.Cl. The highest BCUT2D eigenvalue weighted by Crippen LogP contribution is 2.32. The normalized spacial score (nSPS) is 42.1. The summed E-state index contributed by atoms with van der Waals surface area (Å²) in [6, 6.07) is 2.11. The van der Waals surface area contributed by atoms with Crippen LogP contribution in [0.2, 0.25) is 0 Å². The molecule has 118 valence electrons. The highest BCUT2D eigenvalue weighted by Gasteiger charge is 2.35. The van der Waals surface area contributed by atoms with Crippen LogP contribution in [-0.4, -0.2) is 37.9 Å². The maximum Gasteiger partial charge on any atom is 0.0623 e.